The topological polar surface area (TPSA) is 259 Å². The van der Waals surface area contributed by atoms with Crippen LogP contribution in [0, 0.1) is 0 Å². The second-order valence-corrected chi connectivity index (χ2v) is 10.8. The quantitative estimate of drug-likeness (QED) is 0.143. The molecule has 0 amide bonds. The molecule has 0 N–H and O–H groups in total. The molecule has 0 aliphatic carbocycles. The first-order chi connectivity index (χ1) is 10.4. The fourth-order valence-electron chi connectivity index (χ4n) is 1.63. The van der Waals surface area contributed by atoms with Crippen molar-refractivity contribution in [3.05, 3.63) is 0 Å². The van der Waals surface area contributed by atoms with Crippen LogP contribution in [-0.4, -0.2) is 48.0 Å². The van der Waals surface area contributed by atoms with Gasteiger partial charge in [0.2, 0.25) is 0 Å². The van der Waals surface area contributed by atoms with Crippen molar-refractivity contribution < 1.29 is 419 Å². The third-order valence-electron chi connectivity index (χ3n) is 2.23. The minimum absolute atomic E-state index is 0. The summed E-state index contributed by atoms with van der Waals surface area (Å²) in [5.41, 5.74) is 0. The molecule has 0 bridgehead atoms. The van der Waals surface area contributed by atoms with Gasteiger partial charge in [-0.3, -0.25) is 9.80 Å². The molecular formula is C6H13K7N2O12P4. The molecule has 0 saturated heterocycles. The predicted octanol–water partition coefficient (Wildman–Crippen LogP) is -27.8. The van der Waals surface area contributed by atoms with Crippen molar-refractivity contribution in [2.45, 2.75) is 0 Å². The molecule has 25 heteroatoms. The Morgan fingerprint density at radius 1 is 0.419 bits per heavy atom. The number of hydrogen-bond acceptors (Lipinski definition) is 14. The maximum absolute atomic E-state index is 10.7. The summed E-state index contributed by atoms with van der Waals surface area (Å²) in [6.07, 6.45) is -5.63. The number of hydrogen-bond donors (Lipinski definition) is 0. The zero-order valence-electron chi connectivity index (χ0n) is 19.8. The van der Waals surface area contributed by atoms with E-state index in [9.17, 15) is 57.4 Å². The van der Waals surface area contributed by atoms with Crippen molar-refractivity contribution in [3.8, 4) is 0 Å². The molecule has 0 saturated carbocycles. The van der Waals surface area contributed by atoms with E-state index in [0.29, 0.717) is 9.80 Å². The van der Waals surface area contributed by atoms with Crippen LogP contribution in [0.25, 0.3) is 0 Å². The fourth-order valence-corrected chi connectivity index (χ4v) is 4.88. The monoisotopic (exact) mass is 702 g/mol. The van der Waals surface area contributed by atoms with Crippen LogP contribution in [0.3, 0.4) is 0 Å². The summed E-state index contributed by atoms with van der Waals surface area (Å²) in [6, 6.07) is 0. The third kappa shape index (κ3) is 49.1. The van der Waals surface area contributed by atoms with Gasteiger partial charge in [-0.25, -0.2) is 0 Å². The normalized spacial score (nSPS) is 11.3. The minimum Gasteiger partial charge on any atom is -0.810 e. The fraction of sp³-hybridized carbons (Fsp3) is 1.00. The molecule has 14 nitrogen and oxygen atoms in total. The van der Waals surface area contributed by atoms with E-state index in [1.54, 1.807) is 0 Å². The van der Waals surface area contributed by atoms with Crippen molar-refractivity contribution in [2.75, 3.05) is 38.2 Å². The summed E-state index contributed by atoms with van der Waals surface area (Å²) in [7, 11) is -21.2. The minimum atomic E-state index is -5.30. The van der Waals surface area contributed by atoms with Gasteiger partial charge in [-0.1, -0.05) is 30.4 Å². The first kappa shape index (κ1) is 61.9. The predicted molar refractivity (Wildman–Crippen MR) is 64.4 cm³/mol. The molecule has 0 aliphatic rings. The van der Waals surface area contributed by atoms with E-state index in [1.165, 1.54) is 0 Å². The average Bonchev–Trinajstić information content (AvgIpc) is 2.16. The Labute approximate surface area is 480 Å². The molecule has 0 aromatic carbocycles. The first-order valence-electron chi connectivity index (χ1n) is 5.85. The van der Waals surface area contributed by atoms with Gasteiger partial charge in [0.15, 0.2) is 0 Å². The van der Waals surface area contributed by atoms with Crippen LogP contribution in [0.4, 0.5) is 0 Å². The average molecular weight is 703 g/mol. The molecule has 146 valence electrons. The van der Waals surface area contributed by atoms with Gasteiger partial charge in [-0.05, 0) is 0 Å². The summed E-state index contributed by atoms with van der Waals surface area (Å²) in [4.78, 5) is 85.9. The van der Waals surface area contributed by atoms with E-state index >= 15 is 0 Å². The van der Waals surface area contributed by atoms with Crippen LogP contribution in [-0.2, 0) is 18.3 Å². The second-order valence-electron chi connectivity index (χ2n) is 4.80. The van der Waals surface area contributed by atoms with Crippen LogP contribution in [0.2, 0.25) is 0 Å². The Kier molecular flexibility index (Phi) is 61.1. The summed E-state index contributed by atoms with van der Waals surface area (Å²) >= 11 is 0. The summed E-state index contributed by atoms with van der Waals surface area (Å²) in [5, 5.41) is 0. The van der Waals surface area contributed by atoms with Crippen molar-refractivity contribution in [3.63, 3.8) is 0 Å². The summed E-state index contributed by atoms with van der Waals surface area (Å²) < 4.78 is 42.7. The molecule has 0 aliphatic heterocycles. The van der Waals surface area contributed by atoms with Gasteiger partial charge in [0.1, 0.15) is 0 Å². The van der Waals surface area contributed by atoms with Gasteiger partial charge in [-0.15, -0.1) is 0 Å². The Morgan fingerprint density at radius 2 is 0.548 bits per heavy atom. The van der Waals surface area contributed by atoms with E-state index < -0.39 is 68.6 Å². The Balaban J connectivity index is -0.0000000945. The molecule has 0 fully saturated rings. The van der Waals surface area contributed by atoms with Crippen molar-refractivity contribution in [1.82, 2.24) is 9.80 Å². The van der Waals surface area contributed by atoms with Crippen molar-refractivity contribution in [2.24, 2.45) is 0 Å². The van der Waals surface area contributed by atoms with E-state index in [4.69, 9.17) is 0 Å². The van der Waals surface area contributed by atoms with Gasteiger partial charge < -0.3 is 57.4 Å². The van der Waals surface area contributed by atoms with Gasteiger partial charge in [0.05, 0.1) is 0 Å². The second kappa shape index (κ2) is 30.6. The van der Waals surface area contributed by atoms with Crippen molar-refractivity contribution >= 4 is 30.4 Å². The van der Waals surface area contributed by atoms with Gasteiger partial charge in [0.25, 0.3) is 0 Å². The molecule has 0 spiro atoms. The number of rotatable bonds is 11. The van der Waals surface area contributed by atoms with Gasteiger partial charge >= 0.3 is 361 Å². The van der Waals surface area contributed by atoms with Gasteiger partial charge in [-0.2, -0.15) is 0 Å². The van der Waals surface area contributed by atoms with E-state index in [2.05, 4.69) is 0 Å². The summed E-state index contributed by atoms with van der Waals surface area (Å²) in [6.45, 7) is -1.55. The molecule has 0 aromatic rings. The molecule has 31 heavy (non-hydrogen) atoms. The van der Waals surface area contributed by atoms with E-state index in [1.807, 2.05) is 0 Å². The van der Waals surface area contributed by atoms with Gasteiger partial charge in [0, 0.05) is 38.2 Å². The standard InChI is InChI=1S/C6H20N2O12P4.7K/c9-21(10,11)3-7(4-22(12,13)14)1-2-8(5-23(15,16)17)6-24(18,19)20;;;;;;;/h1-6H2,(H2,9,10,11)(H2,12,13,14)(H2,15,16,17)(H2,18,19,20);;;;;;;/q;7*+1/p-7. The van der Waals surface area contributed by atoms with E-state index in [-0.39, 0.29) is 361 Å². The Morgan fingerprint density at radius 3 is 0.645 bits per heavy atom. The smallest absolute Gasteiger partial charge is 0.810 e. The first-order valence-corrected chi connectivity index (χ1v) is 12.8. The zero-order valence-corrected chi connectivity index (χ0v) is 44.3. The Bertz CT molecular complexity index is 517. The maximum atomic E-state index is 10.7. The molecule has 0 unspecified atom stereocenters. The number of nitrogens with zero attached hydrogens (tertiary/aromatic N) is 2. The largest absolute Gasteiger partial charge is 1.00 e. The van der Waals surface area contributed by atoms with Crippen LogP contribution in [0.1, 0.15) is 1.43 Å². The summed E-state index contributed by atoms with van der Waals surface area (Å²) in [5.74, 6) is 0. The third-order valence-corrected chi connectivity index (χ3v) is 5.21. The molecular weight excluding hydrogens is 690 g/mol. The van der Waals surface area contributed by atoms with Crippen molar-refractivity contribution in [1.29, 1.82) is 0 Å². The molecule has 0 heterocycles. The Hall–Kier alpha value is 12.0. The van der Waals surface area contributed by atoms with Crippen LogP contribution >= 0.6 is 30.4 Å². The maximum Gasteiger partial charge on any atom is 1.00 e. The zero-order chi connectivity index (χ0) is 19.4. The molecule has 0 aromatic heterocycles. The van der Waals surface area contributed by atoms with Crippen LogP contribution in [0.15, 0.2) is 0 Å². The molecule has 0 atom stereocenters. The van der Waals surface area contributed by atoms with Crippen LogP contribution < -0.4 is 399 Å². The van der Waals surface area contributed by atoms with Crippen LogP contribution in [0.5, 0.6) is 0 Å². The molecule has 0 rings (SSSR count). The van der Waals surface area contributed by atoms with E-state index in [0.717, 1.165) is 0 Å². The SMILES string of the molecule is O=P([O-])([O-])CN(CCN(CP(=O)([O-])[O-])CP(=O)([O-])[O-])CP(=O)([O-])[O-].[H+].[K+].[K+].[K+].[K+].[K+].[K+].[K+]. The molecule has 0 radical (unpaired) electrons.